The summed E-state index contributed by atoms with van der Waals surface area (Å²) in [6.45, 7) is 1.74. The van der Waals surface area contributed by atoms with Gasteiger partial charge in [0, 0.05) is 12.6 Å². The molecule has 0 aliphatic carbocycles. The fourth-order valence-corrected chi connectivity index (χ4v) is 2.93. The van der Waals surface area contributed by atoms with Gasteiger partial charge in [-0.25, -0.2) is 4.79 Å². The molecule has 1 aromatic heterocycles. The Morgan fingerprint density at radius 3 is 2.50 bits per heavy atom. The van der Waals surface area contributed by atoms with Crippen LogP contribution in [0.15, 0.2) is 18.2 Å². The highest BCUT2D eigenvalue weighted by Gasteiger charge is 2.25. The highest BCUT2D eigenvalue weighted by atomic mass is 35.5. The fraction of sp³-hybridized carbons (Fsp3) is 0.250. The molecule has 0 saturated heterocycles. The first-order chi connectivity index (χ1) is 9.43. The van der Waals surface area contributed by atoms with Crippen molar-refractivity contribution in [2.24, 2.45) is 0 Å². The number of carbonyl (C=O) groups is 1. The Hall–Kier alpha value is -1.37. The van der Waals surface area contributed by atoms with E-state index in [4.69, 9.17) is 28.3 Å². The number of benzene rings is 1. The van der Waals surface area contributed by atoms with Gasteiger partial charge in [0.05, 0.1) is 27.8 Å². The molecular formula is C12H11Cl2N3O2S. The first-order valence-electron chi connectivity index (χ1n) is 5.66. The van der Waals surface area contributed by atoms with E-state index in [9.17, 15) is 4.79 Å². The molecule has 0 aliphatic rings. The summed E-state index contributed by atoms with van der Waals surface area (Å²) in [6.07, 6.45) is -1.04. The Morgan fingerprint density at radius 1 is 1.35 bits per heavy atom. The topological polar surface area (TPSA) is 66.3 Å². The minimum atomic E-state index is -1.04. The predicted molar refractivity (Wildman–Crippen MR) is 79.6 cm³/mol. The van der Waals surface area contributed by atoms with E-state index in [1.807, 2.05) is 0 Å². The van der Waals surface area contributed by atoms with E-state index < -0.39 is 12.1 Å². The number of aromatic nitrogens is 2. The Balaban J connectivity index is 2.51. The summed E-state index contributed by atoms with van der Waals surface area (Å²) >= 11 is 13.3. The van der Waals surface area contributed by atoms with E-state index in [1.165, 1.54) is 7.05 Å². The van der Waals surface area contributed by atoms with Crippen molar-refractivity contribution in [3.8, 4) is 11.3 Å². The van der Waals surface area contributed by atoms with Crippen LogP contribution in [-0.2, 0) is 0 Å². The standard InChI is InChI=1S/C12H11Cl2N3O2S/c1-6(17(2)12(18)19)10-11(16-20-15-10)9-7(13)4-3-5-8(9)14/h3-6H,1-2H3,(H,18,19). The molecule has 20 heavy (non-hydrogen) atoms. The van der Waals surface area contributed by atoms with Gasteiger partial charge in [-0.05, 0) is 19.1 Å². The van der Waals surface area contributed by atoms with Gasteiger partial charge in [0.2, 0.25) is 0 Å². The SMILES string of the molecule is CC(c1nsnc1-c1c(Cl)cccc1Cl)N(C)C(=O)O. The number of hydrogen-bond donors (Lipinski definition) is 1. The minimum absolute atomic E-state index is 0.450. The fourth-order valence-electron chi connectivity index (χ4n) is 1.72. The van der Waals surface area contributed by atoms with Gasteiger partial charge >= 0.3 is 6.09 Å². The first-order valence-corrected chi connectivity index (χ1v) is 7.14. The number of hydrogen-bond acceptors (Lipinski definition) is 4. The molecule has 0 radical (unpaired) electrons. The molecule has 2 aromatic rings. The van der Waals surface area contributed by atoms with Gasteiger partial charge in [-0.15, -0.1) is 0 Å². The van der Waals surface area contributed by atoms with E-state index in [0.717, 1.165) is 16.6 Å². The van der Waals surface area contributed by atoms with Crippen molar-refractivity contribution < 1.29 is 9.90 Å². The van der Waals surface area contributed by atoms with Crippen molar-refractivity contribution in [3.63, 3.8) is 0 Å². The van der Waals surface area contributed by atoms with Crippen LogP contribution < -0.4 is 0 Å². The molecule has 0 bridgehead atoms. The molecule has 0 saturated carbocycles. The second-order valence-electron chi connectivity index (χ2n) is 4.16. The summed E-state index contributed by atoms with van der Waals surface area (Å²) in [5.41, 5.74) is 1.63. The molecule has 0 spiro atoms. The van der Waals surface area contributed by atoms with Gasteiger partial charge in [-0.2, -0.15) is 8.75 Å². The maximum atomic E-state index is 11.0. The van der Waals surface area contributed by atoms with Crippen molar-refractivity contribution in [1.82, 2.24) is 13.6 Å². The summed E-state index contributed by atoms with van der Waals surface area (Å²) in [5.74, 6) is 0. The molecule has 5 nitrogen and oxygen atoms in total. The zero-order valence-corrected chi connectivity index (χ0v) is 13.0. The van der Waals surface area contributed by atoms with Gasteiger partial charge in [-0.3, -0.25) is 0 Å². The average Bonchev–Trinajstić information content (AvgIpc) is 2.85. The minimum Gasteiger partial charge on any atom is -0.465 e. The van der Waals surface area contributed by atoms with Crippen LogP contribution >= 0.6 is 34.9 Å². The number of halogens is 2. The van der Waals surface area contributed by atoms with Crippen LogP contribution in [0.4, 0.5) is 4.79 Å². The van der Waals surface area contributed by atoms with Crippen molar-refractivity contribution in [2.75, 3.05) is 7.05 Å². The maximum Gasteiger partial charge on any atom is 0.407 e. The lowest BCUT2D eigenvalue weighted by atomic mass is 10.1. The molecule has 1 unspecified atom stereocenters. The van der Waals surface area contributed by atoms with Gasteiger partial charge in [0.25, 0.3) is 0 Å². The smallest absolute Gasteiger partial charge is 0.407 e. The number of nitrogens with zero attached hydrogens (tertiary/aromatic N) is 3. The third-order valence-corrected chi connectivity index (χ3v) is 4.16. The predicted octanol–water partition coefficient (Wildman–Crippen LogP) is 4.18. The molecule has 1 N–H and O–H groups in total. The Bertz CT molecular complexity index is 627. The lowest BCUT2D eigenvalue weighted by Gasteiger charge is -2.21. The molecular weight excluding hydrogens is 321 g/mol. The third kappa shape index (κ3) is 2.72. The summed E-state index contributed by atoms with van der Waals surface area (Å²) in [6, 6.07) is 4.70. The molecule has 2 rings (SSSR count). The highest BCUT2D eigenvalue weighted by Crippen LogP contribution is 2.38. The van der Waals surface area contributed by atoms with Crippen LogP contribution in [-0.4, -0.2) is 31.9 Å². The first kappa shape index (κ1) is 15.0. The molecule has 8 heteroatoms. The van der Waals surface area contributed by atoms with Crippen molar-refractivity contribution in [1.29, 1.82) is 0 Å². The number of carboxylic acid groups (broad SMARTS) is 1. The molecule has 1 heterocycles. The number of amides is 1. The second-order valence-corrected chi connectivity index (χ2v) is 5.51. The molecule has 1 aromatic carbocycles. The lowest BCUT2D eigenvalue weighted by Crippen LogP contribution is -2.28. The Labute approximate surface area is 130 Å². The Morgan fingerprint density at radius 2 is 1.95 bits per heavy atom. The quantitative estimate of drug-likeness (QED) is 0.915. The third-order valence-electron chi connectivity index (χ3n) is 2.99. The van der Waals surface area contributed by atoms with Crippen LogP contribution in [0.5, 0.6) is 0 Å². The van der Waals surface area contributed by atoms with Crippen molar-refractivity contribution in [2.45, 2.75) is 13.0 Å². The van der Waals surface area contributed by atoms with Crippen LogP contribution in [0.25, 0.3) is 11.3 Å². The molecule has 1 amide bonds. The summed E-state index contributed by atoms with van der Waals surface area (Å²) < 4.78 is 8.40. The average molecular weight is 332 g/mol. The van der Waals surface area contributed by atoms with E-state index in [1.54, 1.807) is 25.1 Å². The lowest BCUT2D eigenvalue weighted by molar-refractivity contribution is 0.141. The second kappa shape index (κ2) is 5.95. The summed E-state index contributed by atoms with van der Waals surface area (Å²) in [7, 11) is 1.48. The van der Waals surface area contributed by atoms with Crippen molar-refractivity contribution >= 4 is 41.0 Å². The zero-order valence-electron chi connectivity index (χ0n) is 10.7. The molecule has 0 fully saturated rings. The monoisotopic (exact) mass is 331 g/mol. The maximum absolute atomic E-state index is 11.0. The number of rotatable bonds is 3. The Kier molecular flexibility index (Phi) is 4.47. The van der Waals surface area contributed by atoms with Gasteiger partial charge in [0.15, 0.2) is 0 Å². The van der Waals surface area contributed by atoms with Crippen LogP contribution in [0.3, 0.4) is 0 Å². The van der Waals surface area contributed by atoms with Gasteiger partial charge in [0.1, 0.15) is 11.4 Å². The van der Waals surface area contributed by atoms with Crippen LogP contribution in [0, 0.1) is 0 Å². The molecule has 0 aliphatic heterocycles. The van der Waals surface area contributed by atoms with E-state index in [-0.39, 0.29) is 0 Å². The normalized spacial score (nSPS) is 12.2. The van der Waals surface area contributed by atoms with Crippen LogP contribution in [0.1, 0.15) is 18.7 Å². The van der Waals surface area contributed by atoms with E-state index in [0.29, 0.717) is 27.0 Å². The highest BCUT2D eigenvalue weighted by molar-refractivity contribution is 6.99. The zero-order chi connectivity index (χ0) is 14.9. The van der Waals surface area contributed by atoms with E-state index in [2.05, 4.69) is 8.75 Å². The van der Waals surface area contributed by atoms with Gasteiger partial charge < -0.3 is 10.0 Å². The van der Waals surface area contributed by atoms with Crippen LogP contribution in [0.2, 0.25) is 10.0 Å². The molecule has 106 valence electrons. The molecule has 1 atom stereocenters. The van der Waals surface area contributed by atoms with E-state index >= 15 is 0 Å². The largest absolute Gasteiger partial charge is 0.465 e. The summed E-state index contributed by atoms with van der Waals surface area (Å²) in [4.78, 5) is 12.2. The van der Waals surface area contributed by atoms with Crippen molar-refractivity contribution in [3.05, 3.63) is 33.9 Å². The van der Waals surface area contributed by atoms with Gasteiger partial charge in [-0.1, -0.05) is 29.3 Å². The summed E-state index contributed by atoms with van der Waals surface area (Å²) in [5, 5.41) is 9.96.